The van der Waals surface area contributed by atoms with E-state index in [0.717, 1.165) is 19.3 Å². The smallest absolute Gasteiger partial charge is 0.0223 e. The van der Waals surface area contributed by atoms with Crippen LogP contribution in [0, 0.1) is 6.92 Å². The molecule has 0 aliphatic heterocycles. The quantitative estimate of drug-likeness (QED) is 0.731. The van der Waals surface area contributed by atoms with Gasteiger partial charge in [-0.25, -0.2) is 0 Å². The molecule has 2 N–H and O–H groups in total. The van der Waals surface area contributed by atoms with Gasteiger partial charge in [0.2, 0.25) is 0 Å². The third kappa shape index (κ3) is 4.80. The van der Waals surface area contributed by atoms with Crippen LogP contribution in [-0.4, -0.2) is 6.04 Å². The van der Waals surface area contributed by atoms with Gasteiger partial charge in [0.1, 0.15) is 0 Å². The van der Waals surface area contributed by atoms with Crippen molar-refractivity contribution < 1.29 is 0 Å². The van der Waals surface area contributed by atoms with Gasteiger partial charge in [-0.1, -0.05) is 55.3 Å². The van der Waals surface area contributed by atoms with Crippen molar-refractivity contribution in [3.05, 3.63) is 47.5 Å². The van der Waals surface area contributed by atoms with Crippen molar-refractivity contribution in [2.45, 2.75) is 39.2 Å². The molecule has 1 aromatic carbocycles. The average molecular weight is 203 g/mol. The molecule has 1 nitrogen and oxygen atoms in total. The second-order valence-electron chi connectivity index (χ2n) is 4.07. The van der Waals surface area contributed by atoms with Crippen molar-refractivity contribution in [3.63, 3.8) is 0 Å². The summed E-state index contributed by atoms with van der Waals surface area (Å²) >= 11 is 0. The summed E-state index contributed by atoms with van der Waals surface area (Å²) in [5, 5.41) is 0. The number of nitrogens with two attached hydrogens (primary N) is 1. The zero-order valence-corrected chi connectivity index (χ0v) is 9.74. The monoisotopic (exact) mass is 203 g/mol. The SMILES string of the molecule is CCCC(N)C=CCc1ccc(C)cc1. The number of allylic oxidation sites excluding steroid dienone is 1. The minimum absolute atomic E-state index is 0.223. The first-order chi connectivity index (χ1) is 7.22. The summed E-state index contributed by atoms with van der Waals surface area (Å²) in [6.45, 7) is 4.27. The van der Waals surface area contributed by atoms with E-state index in [1.54, 1.807) is 0 Å². The highest BCUT2D eigenvalue weighted by atomic mass is 14.6. The van der Waals surface area contributed by atoms with Gasteiger partial charge < -0.3 is 5.73 Å². The van der Waals surface area contributed by atoms with Crippen LogP contribution in [0.2, 0.25) is 0 Å². The maximum Gasteiger partial charge on any atom is 0.0223 e. The van der Waals surface area contributed by atoms with Crippen LogP contribution >= 0.6 is 0 Å². The van der Waals surface area contributed by atoms with Gasteiger partial charge in [-0.15, -0.1) is 0 Å². The number of hydrogen-bond donors (Lipinski definition) is 1. The van der Waals surface area contributed by atoms with E-state index < -0.39 is 0 Å². The lowest BCUT2D eigenvalue weighted by molar-refractivity contribution is 0.702. The van der Waals surface area contributed by atoms with Gasteiger partial charge in [-0.2, -0.15) is 0 Å². The number of benzene rings is 1. The average Bonchev–Trinajstić information content (AvgIpc) is 2.21. The summed E-state index contributed by atoms with van der Waals surface area (Å²) in [5.74, 6) is 0. The van der Waals surface area contributed by atoms with Crippen LogP contribution in [0.25, 0.3) is 0 Å². The number of rotatable bonds is 5. The molecule has 1 heteroatoms. The molecule has 0 fully saturated rings. The van der Waals surface area contributed by atoms with Crippen molar-refractivity contribution in [2.24, 2.45) is 5.73 Å². The standard InChI is InChI=1S/C14H21N/c1-3-5-14(15)7-4-6-13-10-8-12(2)9-11-13/h4,7-11,14H,3,5-6,15H2,1-2H3. The molecule has 0 amide bonds. The highest BCUT2D eigenvalue weighted by Crippen LogP contribution is 2.05. The lowest BCUT2D eigenvalue weighted by atomic mass is 10.1. The molecule has 0 aromatic heterocycles. The molecule has 0 saturated carbocycles. The summed E-state index contributed by atoms with van der Waals surface area (Å²) in [6.07, 6.45) is 7.49. The molecule has 1 atom stereocenters. The fourth-order valence-corrected chi connectivity index (χ4v) is 1.53. The highest BCUT2D eigenvalue weighted by molar-refractivity contribution is 5.23. The van der Waals surface area contributed by atoms with Gasteiger partial charge in [-0.05, 0) is 25.3 Å². The van der Waals surface area contributed by atoms with Gasteiger partial charge >= 0.3 is 0 Å². The Bertz CT molecular complexity index is 298. The van der Waals surface area contributed by atoms with Crippen molar-refractivity contribution >= 4 is 0 Å². The van der Waals surface area contributed by atoms with E-state index in [1.807, 2.05) is 0 Å². The molecule has 1 unspecified atom stereocenters. The Kier molecular flexibility index (Phi) is 5.13. The third-order valence-corrected chi connectivity index (χ3v) is 2.48. The van der Waals surface area contributed by atoms with Crippen LogP contribution in [0.3, 0.4) is 0 Å². The van der Waals surface area contributed by atoms with Crippen molar-refractivity contribution in [3.8, 4) is 0 Å². The van der Waals surface area contributed by atoms with Gasteiger partial charge in [0, 0.05) is 6.04 Å². The van der Waals surface area contributed by atoms with E-state index >= 15 is 0 Å². The Morgan fingerprint density at radius 2 is 1.93 bits per heavy atom. The largest absolute Gasteiger partial charge is 0.324 e. The predicted molar refractivity (Wildman–Crippen MR) is 66.9 cm³/mol. The van der Waals surface area contributed by atoms with Crippen LogP contribution in [0.15, 0.2) is 36.4 Å². The summed E-state index contributed by atoms with van der Waals surface area (Å²) in [7, 11) is 0. The first-order valence-corrected chi connectivity index (χ1v) is 5.70. The second-order valence-corrected chi connectivity index (χ2v) is 4.07. The zero-order chi connectivity index (χ0) is 11.1. The minimum Gasteiger partial charge on any atom is -0.324 e. The lowest BCUT2D eigenvalue weighted by Crippen LogP contribution is -2.15. The normalized spacial score (nSPS) is 13.3. The molecule has 0 saturated heterocycles. The first-order valence-electron chi connectivity index (χ1n) is 5.70. The molecule has 0 radical (unpaired) electrons. The van der Waals surface area contributed by atoms with Crippen LogP contribution < -0.4 is 5.73 Å². The number of hydrogen-bond acceptors (Lipinski definition) is 1. The molecule has 1 aromatic rings. The summed E-state index contributed by atoms with van der Waals surface area (Å²) in [6, 6.07) is 8.86. The Labute approximate surface area is 93.0 Å². The van der Waals surface area contributed by atoms with Crippen molar-refractivity contribution in [1.82, 2.24) is 0 Å². The molecule has 0 aliphatic carbocycles. The van der Waals surface area contributed by atoms with Crippen LogP contribution in [0.1, 0.15) is 30.9 Å². The van der Waals surface area contributed by atoms with Crippen LogP contribution in [0.5, 0.6) is 0 Å². The van der Waals surface area contributed by atoms with Gasteiger partial charge in [0.05, 0.1) is 0 Å². The number of aryl methyl sites for hydroxylation is 1. The molecular formula is C14H21N. The second kappa shape index (κ2) is 6.41. The predicted octanol–water partition coefficient (Wildman–Crippen LogP) is 3.22. The molecule has 15 heavy (non-hydrogen) atoms. The fraction of sp³-hybridized carbons (Fsp3) is 0.429. The van der Waals surface area contributed by atoms with E-state index in [0.29, 0.717) is 0 Å². The van der Waals surface area contributed by atoms with E-state index in [4.69, 9.17) is 5.73 Å². The summed E-state index contributed by atoms with van der Waals surface area (Å²) in [5.41, 5.74) is 8.54. The third-order valence-electron chi connectivity index (χ3n) is 2.48. The Balaban J connectivity index is 2.39. The topological polar surface area (TPSA) is 26.0 Å². The van der Waals surface area contributed by atoms with Gasteiger partial charge in [0.25, 0.3) is 0 Å². The van der Waals surface area contributed by atoms with Gasteiger partial charge in [0.15, 0.2) is 0 Å². The Morgan fingerprint density at radius 3 is 2.53 bits per heavy atom. The summed E-state index contributed by atoms with van der Waals surface area (Å²) in [4.78, 5) is 0. The molecule has 0 bridgehead atoms. The van der Waals surface area contributed by atoms with Crippen LogP contribution in [-0.2, 0) is 6.42 Å². The van der Waals surface area contributed by atoms with Crippen LogP contribution in [0.4, 0.5) is 0 Å². The Morgan fingerprint density at radius 1 is 1.27 bits per heavy atom. The maximum atomic E-state index is 5.89. The van der Waals surface area contributed by atoms with Crippen molar-refractivity contribution in [2.75, 3.05) is 0 Å². The Hall–Kier alpha value is -1.08. The molecule has 0 aliphatic rings. The molecule has 0 heterocycles. The summed E-state index contributed by atoms with van der Waals surface area (Å²) < 4.78 is 0. The van der Waals surface area contributed by atoms with E-state index in [-0.39, 0.29) is 6.04 Å². The van der Waals surface area contributed by atoms with Crippen molar-refractivity contribution in [1.29, 1.82) is 0 Å². The zero-order valence-electron chi connectivity index (χ0n) is 9.74. The molecule has 0 spiro atoms. The van der Waals surface area contributed by atoms with E-state index in [2.05, 4.69) is 50.3 Å². The molecular weight excluding hydrogens is 182 g/mol. The minimum atomic E-state index is 0.223. The first kappa shape index (κ1) is 12.0. The highest BCUT2D eigenvalue weighted by Gasteiger charge is 1.94. The molecule has 1 rings (SSSR count). The fourth-order valence-electron chi connectivity index (χ4n) is 1.53. The van der Waals surface area contributed by atoms with E-state index in [9.17, 15) is 0 Å². The molecule has 82 valence electrons. The van der Waals surface area contributed by atoms with E-state index in [1.165, 1.54) is 11.1 Å². The van der Waals surface area contributed by atoms with Gasteiger partial charge in [-0.3, -0.25) is 0 Å². The lowest BCUT2D eigenvalue weighted by Gasteiger charge is -2.03. The maximum absolute atomic E-state index is 5.89.